The predicted octanol–water partition coefficient (Wildman–Crippen LogP) is 2.06. The van der Waals surface area contributed by atoms with Crippen LogP contribution in [0.3, 0.4) is 0 Å². The standard InChI is InChI=1S/C13H19NO3/c1-4-16-12-6-10-5-9(2)17-13(10)7-11(12)8-14-15-3/h6-7,9,14H,4-5,8H2,1-3H3. The summed E-state index contributed by atoms with van der Waals surface area (Å²) in [5.41, 5.74) is 5.11. The van der Waals surface area contributed by atoms with Crippen molar-refractivity contribution in [3.05, 3.63) is 23.3 Å². The maximum atomic E-state index is 5.74. The van der Waals surface area contributed by atoms with E-state index in [4.69, 9.17) is 14.3 Å². The van der Waals surface area contributed by atoms with Gasteiger partial charge < -0.3 is 14.3 Å². The third kappa shape index (κ3) is 2.70. The van der Waals surface area contributed by atoms with Gasteiger partial charge in [0.05, 0.1) is 13.7 Å². The number of rotatable bonds is 5. The highest BCUT2D eigenvalue weighted by atomic mass is 16.6. The minimum atomic E-state index is 0.255. The number of hydroxylamine groups is 1. The Hall–Kier alpha value is -1.26. The lowest BCUT2D eigenvalue weighted by Gasteiger charge is -2.12. The maximum Gasteiger partial charge on any atom is 0.124 e. The van der Waals surface area contributed by atoms with Crippen molar-refractivity contribution < 1.29 is 14.3 Å². The average Bonchev–Trinajstić information content (AvgIpc) is 2.65. The first-order chi connectivity index (χ1) is 8.24. The van der Waals surface area contributed by atoms with Crippen molar-refractivity contribution in [2.45, 2.75) is 32.9 Å². The van der Waals surface area contributed by atoms with Crippen LogP contribution in [0.1, 0.15) is 25.0 Å². The van der Waals surface area contributed by atoms with Gasteiger partial charge in [-0.05, 0) is 26.0 Å². The van der Waals surface area contributed by atoms with E-state index in [9.17, 15) is 0 Å². The van der Waals surface area contributed by atoms with E-state index >= 15 is 0 Å². The molecule has 1 aliphatic heterocycles. The van der Waals surface area contributed by atoms with Crippen molar-refractivity contribution in [1.82, 2.24) is 5.48 Å². The first kappa shape index (κ1) is 12.2. The van der Waals surface area contributed by atoms with Crippen LogP contribution in [0.4, 0.5) is 0 Å². The summed E-state index contributed by atoms with van der Waals surface area (Å²) in [6, 6.07) is 4.12. The first-order valence-corrected chi connectivity index (χ1v) is 5.95. The lowest BCUT2D eigenvalue weighted by molar-refractivity contribution is 0.0859. The summed E-state index contributed by atoms with van der Waals surface area (Å²) >= 11 is 0. The molecule has 1 aromatic rings. The summed E-state index contributed by atoms with van der Waals surface area (Å²) in [5, 5.41) is 0. The van der Waals surface area contributed by atoms with Gasteiger partial charge in [-0.15, -0.1) is 0 Å². The fourth-order valence-electron chi connectivity index (χ4n) is 2.06. The highest BCUT2D eigenvalue weighted by molar-refractivity contribution is 5.48. The molecule has 0 aliphatic carbocycles. The molecular weight excluding hydrogens is 218 g/mol. The molecule has 0 bridgehead atoms. The lowest BCUT2D eigenvalue weighted by atomic mass is 10.1. The molecule has 0 saturated heterocycles. The van der Waals surface area contributed by atoms with Crippen LogP contribution in [-0.4, -0.2) is 19.8 Å². The van der Waals surface area contributed by atoms with Crippen molar-refractivity contribution in [3.63, 3.8) is 0 Å². The summed E-state index contributed by atoms with van der Waals surface area (Å²) in [4.78, 5) is 4.87. The molecule has 4 nitrogen and oxygen atoms in total. The van der Waals surface area contributed by atoms with Crippen LogP contribution in [0.15, 0.2) is 12.1 Å². The van der Waals surface area contributed by atoms with Gasteiger partial charge in [0.25, 0.3) is 0 Å². The van der Waals surface area contributed by atoms with E-state index in [1.165, 1.54) is 5.56 Å². The van der Waals surface area contributed by atoms with E-state index in [0.29, 0.717) is 13.2 Å². The van der Waals surface area contributed by atoms with Gasteiger partial charge in [-0.1, -0.05) is 0 Å². The number of fused-ring (bicyclic) bond motifs is 1. The van der Waals surface area contributed by atoms with E-state index in [0.717, 1.165) is 23.5 Å². The van der Waals surface area contributed by atoms with Gasteiger partial charge in [-0.2, -0.15) is 5.48 Å². The molecule has 1 heterocycles. The minimum Gasteiger partial charge on any atom is -0.494 e. The molecule has 4 heteroatoms. The van der Waals surface area contributed by atoms with Gasteiger partial charge >= 0.3 is 0 Å². The number of ether oxygens (including phenoxy) is 2. The Labute approximate surface area is 102 Å². The average molecular weight is 237 g/mol. The second-order valence-electron chi connectivity index (χ2n) is 4.16. The second kappa shape index (κ2) is 5.38. The molecule has 94 valence electrons. The summed E-state index contributed by atoms with van der Waals surface area (Å²) in [5.74, 6) is 1.88. The molecule has 0 radical (unpaired) electrons. The van der Waals surface area contributed by atoms with E-state index in [1.807, 2.05) is 13.0 Å². The normalized spacial score (nSPS) is 17.7. The van der Waals surface area contributed by atoms with Crippen molar-refractivity contribution in [3.8, 4) is 11.5 Å². The van der Waals surface area contributed by atoms with Crippen LogP contribution in [0.25, 0.3) is 0 Å². The number of benzene rings is 1. The molecule has 1 aliphatic rings. The molecular formula is C13H19NO3. The Morgan fingerprint density at radius 3 is 3.00 bits per heavy atom. The van der Waals surface area contributed by atoms with Crippen LogP contribution in [0.2, 0.25) is 0 Å². The van der Waals surface area contributed by atoms with Crippen molar-refractivity contribution >= 4 is 0 Å². The SMILES string of the molecule is CCOc1cc2c(cc1CNOC)OC(C)C2. The highest BCUT2D eigenvalue weighted by Gasteiger charge is 2.21. The van der Waals surface area contributed by atoms with Crippen molar-refractivity contribution in [2.75, 3.05) is 13.7 Å². The molecule has 0 saturated carbocycles. The molecule has 0 amide bonds. The van der Waals surface area contributed by atoms with Gasteiger partial charge in [-0.25, -0.2) is 0 Å². The Morgan fingerprint density at radius 1 is 1.47 bits per heavy atom. The van der Waals surface area contributed by atoms with Crippen LogP contribution < -0.4 is 15.0 Å². The van der Waals surface area contributed by atoms with E-state index in [1.54, 1.807) is 7.11 Å². The Balaban J connectivity index is 2.26. The summed E-state index contributed by atoms with van der Waals surface area (Å²) in [7, 11) is 1.60. The molecule has 0 aromatic heterocycles. The minimum absolute atomic E-state index is 0.255. The van der Waals surface area contributed by atoms with E-state index in [2.05, 4.69) is 18.5 Å². The molecule has 0 fully saturated rings. The molecule has 1 N–H and O–H groups in total. The Kier molecular flexibility index (Phi) is 3.86. The fourth-order valence-corrected chi connectivity index (χ4v) is 2.06. The number of nitrogens with one attached hydrogen (secondary N) is 1. The van der Waals surface area contributed by atoms with Gasteiger partial charge in [0, 0.05) is 24.1 Å². The zero-order chi connectivity index (χ0) is 12.3. The molecule has 0 spiro atoms. The molecule has 1 unspecified atom stereocenters. The van der Waals surface area contributed by atoms with E-state index < -0.39 is 0 Å². The zero-order valence-electron chi connectivity index (χ0n) is 10.6. The van der Waals surface area contributed by atoms with Gasteiger partial charge in [0.2, 0.25) is 0 Å². The lowest BCUT2D eigenvalue weighted by Crippen LogP contribution is -2.12. The van der Waals surface area contributed by atoms with Gasteiger partial charge in [0.15, 0.2) is 0 Å². The monoisotopic (exact) mass is 237 g/mol. The Morgan fingerprint density at radius 2 is 2.29 bits per heavy atom. The fraction of sp³-hybridized carbons (Fsp3) is 0.538. The van der Waals surface area contributed by atoms with Gasteiger partial charge in [0.1, 0.15) is 17.6 Å². The number of hydrogen-bond donors (Lipinski definition) is 1. The van der Waals surface area contributed by atoms with Crippen LogP contribution >= 0.6 is 0 Å². The maximum absolute atomic E-state index is 5.74. The summed E-state index contributed by atoms with van der Waals surface area (Å²) in [6.45, 7) is 5.33. The molecule has 17 heavy (non-hydrogen) atoms. The summed E-state index contributed by atoms with van der Waals surface area (Å²) < 4.78 is 11.4. The molecule has 2 rings (SSSR count). The number of hydrogen-bond acceptors (Lipinski definition) is 4. The van der Waals surface area contributed by atoms with Crippen molar-refractivity contribution in [2.24, 2.45) is 0 Å². The van der Waals surface area contributed by atoms with Gasteiger partial charge in [-0.3, -0.25) is 0 Å². The quantitative estimate of drug-likeness (QED) is 0.796. The topological polar surface area (TPSA) is 39.7 Å². The molecule has 1 atom stereocenters. The predicted molar refractivity (Wildman–Crippen MR) is 65.3 cm³/mol. The zero-order valence-corrected chi connectivity index (χ0v) is 10.6. The van der Waals surface area contributed by atoms with Crippen LogP contribution in [0.5, 0.6) is 11.5 Å². The third-order valence-electron chi connectivity index (χ3n) is 2.79. The largest absolute Gasteiger partial charge is 0.494 e. The van der Waals surface area contributed by atoms with Crippen LogP contribution in [0, 0.1) is 0 Å². The highest BCUT2D eigenvalue weighted by Crippen LogP contribution is 2.35. The first-order valence-electron chi connectivity index (χ1n) is 5.95. The van der Waals surface area contributed by atoms with Crippen molar-refractivity contribution in [1.29, 1.82) is 0 Å². The third-order valence-corrected chi connectivity index (χ3v) is 2.79. The van der Waals surface area contributed by atoms with E-state index in [-0.39, 0.29) is 6.10 Å². The Bertz CT molecular complexity index is 392. The smallest absolute Gasteiger partial charge is 0.124 e. The molecule has 1 aromatic carbocycles. The van der Waals surface area contributed by atoms with Crippen LogP contribution in [-0.2, 0) is 17.8 Å². The second-order valence-corrected chi connectivity index (χ2v) is 4.16. The summed E-state index contributed by atoms with van der Waals surface area (Å²) in [6.07, 6.45) is 1.21.